The summed E-state index contributed by atoms with van der Waals surface area (Å²) in [5.41, 5.74) is 0.994. The number of hydrogen-bond acceptors (Lipinski definition) is 2. The van der Waals surface area contributed by atoms with E-state index in [2.05, 4.69) is 13.8 Å². The van der Waals surface area contributed by atoms with Crippen molar-refractivity contribution in [2.75, 3.05) is 0 Å². The molecular formula is C15H24O2. The lowest BCUT2D eigenvalue weighted by Crippen LogP contribution is -2.24. The summed E-state index contributed by atoms with van der Waals surface area (Å²) in [7, 11) is 0. The van der Waals surface area contributed by atoms with Gasteiger partial charge in [0.25, 0.3) is 0 Å². The molecule has 1 aliphatic rings. The number of rotatable bonds is 2. The highest BCUT2D eigenvalue weighted by atomic mass is 16.3. The van der Waals surface area contributed by atoms with E-state index in [1.54, 1.807) is 0 Å². The number of aryl methyl sites for hydroxylation is 2. The summed E-state index contributed by atoms with van der Waals surface area (Å²) in [6, 6.07) is 1.99. The first-order chi connectivity index (χ1) is 7.97. The summed E-state index contributed by atoms with van der Waals surface area (Å²) >= 11 is 0. The van der Waals surface area contributed by atoms with Gasteiger partial charge in [-0.25, -0.2) is 0 Å². The van der Waals surface area contributed by atoms with Gasteiger partial charge >= 0.3 is 0 Å². The third-order valence-corrected chi connectivity index (χ3v) is 4.06. The van der Waals surface area contributed by atoms with E-state index in [4.69, 9.17) is 4.42 Å². The normalized spacial score (nSPS) is 31.5. The molecule has 3 atom stereocenters. The number of furan rings is 1. The molecule has 1 heterocycles. The van der Waals surface area contributed by atoms with Gasteiger partial charge in [0.1, 0.15) is 11.5 Å². The maximum Gasteiger partial charge on any atom is 0.106 e. The van der Waals surface area contributed by atoms with E-state index in [0.717, 1.165) is 41.8 Å². The zero-order chi connectivity index (χ0) is 12.6. The van der Waals surface area contributed by atoms with Crippen molar-refractivity contribution in [1.29, 1.82) is 0 Å². The largest absolute Gasteiger partial charge is 0.466 e. The van der Waals surface area contributed by atoms with Gasteiger partial charge in [-0.2, -0.15) is 0 Å². The van der Waals surface area contributed by atoms with Crippen molar-refractivity contribution in [2.24, 2.45) is 17.8 Å². The number of hydrogen-bond donors (Lipinski definition) is 1. The van der Waals surface area contributed by atoms with E-state index in [9.17, 15) is 5.11 Å². The van der Waals surface area contributed by atoms with E-state index >= 15 is 0 Å². The summed E-state index contributed by atoms with van der Waals surface area (Å²) in [4.78, 5) is 0. The van der Waals surface area contributed by atoms with Crippen LogP contribution in [0, 0.1) is 31.6 Å². The van der Waals surface area contributed by atoms with Crippen LogP contribution in [0.2, 0.25) is 0 Å². The van der Waals surface area contributed by atoms with Crippen LogP contribution in [0.5, 0.6) is 0 Å². The maximum absolute atomic E-state index is 10.5. The first-order valence-corrected chi connectivity index (χ1v) is 6.72. The Morgan fingerprint density at radius 2 is 1.76 bits per heavy atom. The Bertz CT molecular complexity index is 370. The fourth-order valence-electron chi connectivity index (χ4n) is 3.47. The lowest BCUT2D eigenvalue weighted by atomic mass is 9.73. The van der Waals surface area contributed by atoms with Gasteiger partial charge in [-0.3, -0.25) is 0 Å². The van der Waals surface area contributed by atoms with Crippen LogP contribution in [0.25, 0.3) is 0 Å². The third-order valence-electron chi connectivity index (χ3n) is 4.06. The Kier molecular flexibility index (Phi) is 3.62. The van der Waals surface area contributed by atoms with E-state index in [0.29, 0.717) is 5.92 Å². The fraction of sp³-hybridized carbons (Fsp3) is 0.733. The average molecular weight is 236 g/mol. The van der Waals surface area contributed by atoms with Crippen molar-refractivity contribution < 1.29 is 9.52 Å². The average Bonchev–Trinajstić information content (AvgIpc) is 2.55. The Balaban J connectivity index is 2.14. The minimum atomic E-state index is -0.349. The van der Waals surface area contributed by atoms with Crippen molar-refractivity contribution in [1.82, 2.24) is 0 Å². The maximum atomic E-state index is 10.5. The molecule has 0 bridgehead atoms. The third kappa shape index (κ3) is 2.74. The van der Waals surface area contributed by atoms with Gasteiger partial charge in [0.05, 0.1) is 6.10 Å². The lowest BCUT2D eigenvalue weighted by molar-refractivity contribution is 0.0541. The topological polar surface area (TPSA) is 33.4 Å². The van der Waals surface area contributed by atoms with E-state index in [1.807, 2.05) is 19.9 Å². The van der Waals surface area contributed by atoms with Crippen molar-refractivity contribution in [3.8, 4) is 0 Å². The quantitative estimate of drug-likeness (QED) is 0.842. The van der Waals surface area contributed by atoms with Gasteiger partial charge in [-0.1, -0.05) is 13.8 Å². The van der Waals surface area contributed by atoms with Crippen LogP contribution in [0.4, 0.5) is 0 Å². The van der Waals surface area contributed by atoms with Gasteiger partial charge in [-0.05, 0) is 56.9 Å². The molecule has 0 radical (unpaired) electrons. The van der Waals surface area contributed by atoms with Crippen LogP contribution in [-0.2, 0) is 0 Å². The van der Waals surface area contributed by atoms with Gasteiger partial charge < -0.3 is 9.52 Å². The summed E-state index contributed by atoms with van der Waals surface area (Å²) < 4.78 is 5.52. The Morgan fingerprint density at radius 1 is 1.18 bits per heavy atom. The summed E-state index contributed by atoms with van der Waals surface area (Å²) in [5, 5.41) is 10.5. The number of aliphatic hydroxyl groups excluding tert-OH is 1. The van der Waals surface area contributed by atoms with Crippen molar-refractivity contribution in [3.05, 3.63) is 23.2 Å². The molecule has 1 aromatic rings. The molecule has 17 heavy (non-hydrogen) atoms. The molecule has 2 heteroatoms. The highest BCUT2D eigenvalue weighted by Gasteiger charge is 2.31. The number of aliphatic hydroxyl groups is 1. The minimum Gasteiger partial charge on any atom is -0.466 e. The van der Waals surface area contributed by atoms with Gasteiger partial charge in [0.2, 0.25) is 0 Å². The van der Waals surface area contributed by atoms with E-state index in [1.165, 1.54) is 6.42 Å². The predicted octanol–water partition coefficient (Wildman–Crippen LogP) is 4.00. The fourth-order valence-corrected chi connectivity index (χ4v) is 3.47. The van der Waals surface area contributed by atoms with Crippen molar-refractivity contribution in [3.63, 3.8) is 0 Å². The molecule has 1 fully saturated rings. The van der Waals surface area contributed by atoms with Crippen molar-refractivity contribution in [2.45, 2.75) is 53.1 Å². The molecule has 1 aliphatic carbocycles. The first kappa shape index (κ1) is 12.7. The van der Waals surface area contributed by atoms with Crippen LogP contribution in [-0.4, -0.2) is 5.11 Å². The van der Waals surface area contributed by atoms with Crippen LogP contribution in [0.15, 0.2) is 10.5 Å². The van der Waals surface area contributed by atoms with Crippen molar-refractivity contribution >= 4 is 0 Å². The standard InChI is InChI=1S/C15H24O2/c1-9-5-10(2)7-13(6-9)15(16)14-8-11(3)17-12(14)4/h8-10,13,15-16H,5-7H2,1-4H3. The highest BCUT2D eigenvalue weighted by molar-refractivity contribution is 5.23. The first-order valence-electron chi connectivity index (χ1n) is 6.72. The highest BCUT2D eigenvalue weighted by Crippen LogP contribution is 2.40. The second-order valence-corrected chi connectivity index (χ2v) is 5.99. The van der Waals surface area contributed by atoms with E-state index in [-0.39, 0.29) is 6.10 Å². The van der Waals surface area contributed by atoms with Gasteiger partial charge in [0.15, 0.2) is 0 Å². The molecular weight excluding hydrogens is 212 g/mol. The van der Waals surface area contributed by atoms with Crippen LogP contribution < -0.4 is 0 Å². The molecule has 96 valence electrons. The van der Waals surface area contributed by atoms with E-state index < -0.39 is 0 Å². The molecule has 0 saturated heterocycles. The summed E-state index contributed by atoms with van der Waals surface area (Å²) in [5.74, 6) is 3.62. The molecule has 0 spiro atoms. The second-order valence-electron chi connectivity index (χ2n) is 5.99. The van der Waals surface area contributed by atoms with Gasteiger partial charge in [0, 0.05) is 5.56 Å². The molecule has 0 aliphatic heterocycles. The smallest absolute Gasteiger partial charge is 0.106 e. The summed E-state index contributed by atoms with van der Waals surface area (Å²) in [6.45, 7) is 8.47. The monoisotopic (exact) mass is 236 g/mol. The lowest BCUT2D eigenvalue weighted by Gasteiger charge is -2.34. The van der Waals surface area contributed by atoms with Crippen LogP contribution in [0.1, 0.15) is 56.3 Å². The molecule has 2 nitrogen and oxygen atoms in total. The Labute approximate surface area is 104 Å². The molecule has 3 unspecified atom stereocenters. The second kappa shape index (κ2) is 4.85. The molecule has 1 saturated carbocycles. The molecule has 2 rings (SSSR count). The molecule has 1 N–H and O–H groups in total. The molecule has 1 aromatic heterocycles. The zero-order valence-electron chi connectivity index (χ0n) is 11.4. The Hall–Kier alpha value is -0.760. The van der Waals surface area contributed by atoms with Crippen LogP contribution in [0.3, 0.4) is 0 Å². The predicted molar refractivity (Wildman–Crippen MR) is 68.8 cm³/mol. The summed E-state index contributed by atoms with van der Waals surface area (Å²) in [6.07, 6.45) is 3.22. The SMILES string of the molecule is Cc1cc(C(O)C2CC(C)CC(C)C2)c(C)o1. The molecule has 0 amide bonds. The minimum absolute atomic E-state index is 0.349. The van der Waals surface area contributed by atoms with Crippen LogP contribution >= 0.6 is 0 Å². The molecule has 0 aromatic carbocycles. The van der Waals surface area contributed by atoms with Gasteiger partial charge in [-0.15, -0.1) is 0 Å². The zero-order valence-corrected chi connectivity index (χ0v) is 11.4. The Morgan fingerprint density at radius 3 is 2.24 bits per heavy atom.